The van der Waals surface area contributed by atoms with Gasteiger partial charge in [0.2, 0.25) is 0 Å². The maximum atomic E-state index is 13.3. The zero-order valence-electron chi connectivity index (χ0n) is 30.2. The molecule has 290 valence electrons. The maximum absolute atomic E-state index is 13.3. The first-order chi connectivity index (χ1) is 23.6. The third-order valence-corrected chi connectivity index (χ3v) is 13.4. The molecule has 11 atom stereocenters. The predicted octanol–water partition coefficient (Wildman–Crippen LogP) is 5.03. The van der Waals surface area contributed by atoms with Crippen LogP contribution in [0.2, 0.25) is 0 Å². The van der Waals surface area contributed by atoms with E-state index < -0.39 is 58.5 Å². The lowest BCUT2D eigenvalue weighted by Crippen LogP contribution is -2.63. The Labute approximate surface area is 297 Å². The minimum Gasteiger partial charge on any atom is -0.465 e. The van der Waals surface area contributed by atoms with Crippen LogP contribution in [0, 0.1) is 46.3 Å². The second-order valence-corrected chi connectivity index (χ2v) is 17.1. The summed E-state index contributed by atoms with van der Waals surface area (Å²) >= 11 is 0. The van der Waals surface area contributed by atoms with Gasteiger partial charge in [0.25, 0.3) is 0 Å². The SMILES string of the molecule is CC(=O)OC1CC[C@@]2(C)[C@@H](C1)CC(OC(C)=O)[C@@H]1[C@@H]2CC(OC(C)=O)[C@]2(C)[C@@H]([C@H](C)CCC(=O)OCCC(=O)OCC(F)(F)S(=O)(=O)O)CC[C@@H]12. The average Bonchev–Trinajstić information content (AvgIpc) is 3.36. The number of halogens is 2. The summed E-state index contributed by atoms with van der Waals surface area (Å²) in [6, 6.07) is 0. The Morgan fingerprint density at radius 3 is 2.08 bits per heavy atom. The van der Waals surface area contributed by atoms with Crippen LogP contribution < -0.4 is 0 Å². The molecule has 1 N–H and O–H groups in total. The van der Waals surface area contributed by atoms with Crippen molar-refractivity contribution in [2.24, 2.45) is 46.3 Å². The van der Waals surface area contributed by atoms with Crippen molar-refractivity contribution in [1.29, 1.82) is 0 Å². The van der Waals surface area contributed by atoms with Crippen molar-refractivity contribution in [1.82, 2.24) is 0 Å². The lowest BCUT2D eigenvalue weighted by molar-refractivity contribution is -0.224. The Bertz CT molecular complexity index is 1450. The molecule has 4 rings (SSSR count). The molecule has 51 heavy (non-hydrogen) atoms. The van der Waals surface area contributed by atoms with Crippen LogP contribution in [0.15, 0.2) is 0 Å². The molecule has 0 amide bonds. The predicted molar refractivity (Wildman–Crippen MR) is 174 cm³/mol. The fourth-order valence-electron chi connectivity index (χ4n) is 10.3. The van der Waals surface area contributed by atoms with E-state index in [2.05, 4.69) is 18.6 Å². The second-order valence-electron chi connectivity index (χ2n) is 15.5. The summed E-state index contributed by atoms with van der Waals surface area (Å²) in [6.07, 6.45) is 3.98. The number of fused-ring (bicyclic) bond motifs is 5. The van der Waals surface area contributed by atoms with Gasteiger partial charge in [-0.05, 0) is 86.4 Å². The Kier molecular flexibility index (Phi) is 12.5. The van der Waals surface area contributed by atoms with Crippen molar-refractivity contribution in [3.05, 3.63) is 0 Å². The standard InChI is InChI=1S/C35H52F2O13S/c1-19(7-10-30(41)46-14-12-31(42)47-18-35(36,37)51(43,44)45)25-8-9-26-32-27(17-29(34(25,26)6)50-22(4)40)33(5)13-11-24(48-20(2)38)15-23(33)16-28(32)49-21(3)39/h19,23-29,32H,7-18H2,1-6H3,(H,43,44,45)/t19-,23+,24?,25-,26+,27+,28?,29?,32+,33+,34-/m1/s1. The molecule has 0 bridgehead atoms. The second kappa shape index (κ2) is 15.6. The van der Waals surface area contributed by atoms with Crippen LogP contribution in [0.4, 0.5) is 8.78 Å². The summed E-state index contributed by atoms with van der Waals surface area (Å²) < 4.78 is 83.6. The van der Waals surface area contributed by atoms with Gasteiger partial charge in [-0.25, -0.2) is 0 Å². The van der Waals surface area contributed by atoms with Gasteiger partial charge in [0.05, 0.1) is 6.42 Å². The van der Waals surface area contributed by atoms with E-state index in [9.17, 15) is 41.2 Å². The number of rotatable bonds is 13. The van der Waals surface area contributed by atoms with E-state index in [0.29, 0.717) is 25.7 Å². The highest BCUT2D eigenvalue weighted by Crippen LogP contribution is 2.69. The number of hydrogen-bond acceptors (Lipinski definition) is 12. The normalized spacial score (nSPS) is 35.2. The van der Waals surface area contributed by atoms with Gasteiger partial charge < -0.3 is 23.7 Å². The fourth-order valence-corrected chi connectivity index (χ4v) is 10.5. The molecule has 0 heterocycles. The van der Waals surface area contributed by atoms with Crippen molar-refractivity contribution in [2.75, 3.05) is 13.2 Å². The molecule has 0 aromatic rings. The van der Waals surface area contributed by atoms with E-state index in [0.717, 1.165) is 25.7 Å². The van der Waals surface area contributed by atoms with E-state index in [1.807, 2.05) is 6.92 Å². The molecule has 4 aliphatic rings. The molecule has 0 radical (unpaired) electrons. The van der Waals surface area contributed by atoms with Crippen molar-refractivity contribution in [2.45, 2.75) is 129 Å². The van der Waals surface area contributed by atoms with Crippen molar-refractivity contribution in [3.8, 4) is 0 Å². The molecular weight excluding hydrogens is 698 g/mol. The first-order valence-electron chi connectivity index (χ1n) is 17.8. The first kappa shape index (κ1) is 40.9. The Hall–Kier alpha value is -2.88. The third kappa shape index (κ3) is 8.85. The minimum atomic E-state index is -5.76. The Balaban J connectivity index is 1.45. The molecule has 0 spiro atoms. The van der Waals surface area contributed by atoms with Gasteiger partial charge in [0, 0.05) is 38.5 Å². The zero-order chi connectivity index (χ0) is 38.1. The minimum absolute atomic E-state index is 0.00209. The lowest BCUT2D eigenvalue weighted by atomic mass is 9.43. The topological polar surface area (TPSA) is 186 Å². The highest BCUT2D eigenvalue weighted by Gasteiger charge is 2.67. The van der Waals surface area contributed by atoms with Crippen LogP contribution in [-0.4, -0.2) is 79.6 Å². The Morgan fingerprint density at radius 1 is 0.843 bits per heavy atom. The van der Waals surface area contributed by atoms with Crippen LogP contribution in [0.5, 0.6) is 0 Å². The lowest BCUT2D eigenvalue weighted by Gasteiger charge is -2.64. The maximum Gasteiger partial charge on any atom is 0.402 e. The van der Waals surface area contributed by atoms with Crippen molar-refractivity contribution in [3.63, 3.8) is 0 Å². The molecule has 0 aromatic carbocycles. The third-order valence-electron chi connectivity index (χ3n) is 12.6. The summed E-state index contributed by atoms with van der Waals surface area (Å²) in [5, 5.41) is -4.66. The van der Waals surface area contributed by atoms with E-state index in [-0.39, 0.29) is 77.5 Å². The van der Waals surface area contributed by atoms with Crippen LogP contribution >= 0.6 is 0 Å². The molecule has 13 nitrogen and oxygen atoms in total. The molecular formula is C35H52F2O13S. The number of alkyl halides is 2. The molecule has 16 heteroatoms. The average molecular weight is 751 g/mol. The summed E-state index contributed by atoms with van der Waals surface area (Å²) in [5.74, 6) is -2.56. The van der Waals surface area contributed by atoms with Gasteiger partial charge in [-0.1, -0.05) is 20.8 Å². The van der Waals surface area contributed by atoms with Gasteiger partial charge in [-0.3, -0.25) is 28.5 Å². The summed E-state index contributed by atoms with van der Waals surface area (Å²) in [5.41, 5.74) is -0.629. The number of hydrogen-bond donors (Lipinski definition) is 1. The van der Waals surface area contributed by atoms with Gasteiger partial charge in [-0.2, -0.15) is 17.2 Å². The summed E-state index contributed by atoms with van der Waals surface area (Å²) in [4.78, 5) is 61.2. The summed E-state index contributed by atoms with van der Waals surface area (Å²) in [7, 11) is -5.76. The Morgan fingerprint density at radius 2 is 1.47 bits per heavy atom. The molecule has 0 aliphatic heterocycles. The van der Waals surface area contributed by atoms with E-state index in [1.165, 1.54) is 20.8 Å². The molecule has 3 unspecified atom stereocenters. The van der Waals surface area contributed by atoms with Gasteiger partial charge >= 0.3 is 45.2 Å². The molecule has 4 aliphatic carbocycles. The number of ether oxygens (including phenoxy) is 5. The molecule has 4 saturated carbocycles. The highest BCUT2D eigenvalue weighted by atomic mass is 32.2. The van der Waals surface area contributed by atoms with Crippen LogP contribution in [-0.2, 0) is 57.8 Å². The van der Waals surface area contributed by atoms with Gasteiger partial charge in [-0.15, -0.1) is 0 Å². The molecule has 0 saturated heterocycles. The number of esters is 5. The van der Waals surface area contributed by atoms with E-state index in [1.54, 1.807) is 0 Å². The van der Waals surface area contributed by atoms with E-state index in [4.69, 9.17) is 23.5 Å². The molecule has 0 aromatic heterocycles. The van der Waals surface area contributed by atoms with Crippen molar-refractivity contribution < 1.29 is 69.4 Å². The largest absolute Gasteiger partial charge is 0.465 e. The highest BCUT2D eigenvalue weighted by molar-refractivity contribution is 7.86. The summed E-state index contributed by atoms with van der Waals surface area (Å²) in [6.45, 7) is 8.36. The smallest absolute Gasteiger partial charge is 0.402 e. The van der Waals surface area contributed by atoms with Crippen LogP contribution in [0.25, 0.3) is 0 Å². The fraction of sp³-hybridized carbons (Fsp3) is 0.857. The monoisotopic (exact) mass is 750 g/mol. The first-order valence-corrected chi connectivity index (χ1v) is 19.2. The van der Waals surface area contributed by atoms with Crippen molar-refractivity contribution >= 4 is 40.0 Å². The van der Waals surface area contributed by atoms with Crippen LogP contribution in [0.3, 0.4) is 0 Å². The number of carbonyl (C=O) groups is 5. The number of carbonyl (C=O) groups excluding carboxylic acids is 5. The quantitative estimate of drug-likeness (QED) is 0.150. The van der Waals surface area contributed by atoms with Gasteiger partial charge in [0.1, 0.15) is 24.9 Å². The zero-order valence-corrected chi connectivity index (χ0v) is 31.0. The van der Waals surface area contributed by atoms with Crippen LogP contribution in [0.1, 0.15) is 106 Å². The molecule has 4 fully saturated rings. The van der Waals surface area contributed by atoms with E-state index >= 15 is 0 Å². The van der Waals surface area contributed by atoms with Gasteiger partial charge in [0.15, 0.2) is 6.61 Å².